The largest absolute Gasteiger partial charge is 0.393 e. The highest BCUT2D eigenvalue weighted by atomic mass is 16.3. The number of aliphatic hydroxyl groups excluding tert-OH is 1. The van der Waals surface area contributed by atoms with Crippen molar-refractivity contribution in [3.8, 4) is 0 Å². The fraction of sp³-hybridized carbons (Fsp3) is 0.850. The molecular formula is C20H38N2O. The van der Waals surface area contributed by atoms with Gasteiger partial charge in [0, 0.05) is 13.0 Å². The van der Waals surface area contributed by atoms with Crippen LogP contribution in [0.2, 0.25) is 0 Å². The van der Waals surface area contributed by atoms with Gasteiger partial charge in [-0.3, -0.25) is 4.99 Å². The first-order valence-electron chi connectivity index (χ1n) is 9.93. The fourth-order valence-corrected chi connectivity index (χ4v) is 3.00. The number of hydrogen-bond acceptors (Lipinski definition) is 3. The van der Waals surface area contributed by atoms with Gasteiger partial charge in [-0.05, 0) is 32.1 Å². The van der Waals surface area contributed by atoms with E-state index in [1.165, 1.54) is 63.6 Å². The Bertz CT molecular complexity index is 326. The molecule has 0 aliphatic carbocycles. The SMILES string of the molecule is CCCCCCC(O)C/C=C/CCCCCCCC1=NCCN1. The van der Waals surface area contributed by atoms with E-state index >= 15 is 0 Å². The van der Waals surface area contributed by atoms with Crippen LogP contribution in [0.3, 0.4) is 0 Å². The van der Waals surface area contributed by atoms with Gasteiger partial charge in [-0.2, -0.15) is 0 Å². The zero-order valence-electron chi connectivity index (χ0n) is 15.2. The number of rotatable bonds is 15. The summed E-state index contributed by atoms with van der Waals surface area (Å²) in [5.74, 6) is 1.22. The second kappa shape index (κ2) is 14.7. The Morgan fingerprint density at radius 3 is 2.61 bits per heavy atom. The third-order valence-electron chi connectivity index (χ3n) is 4.49. The van der Waals surface area contributed by atoms with E-state index in [-0.39, 0.29) is 6.10 Å². The highest BCUT2D eigenvalue weighted by Crippen LogP contribution is 2.10. The summed E-state index contributed by atoms with van der Waals surface area (Å²) in [5, 5.41) is 13.2. The molecule has 3 heteroatoms. The minimum Gasteiger partial charge on any atom is -0.393 e. The first kappa shape index (κ1) is 20.2. The maximum Gasteiger partial charge on any atom is 0.0964 e. The van der Waals surface area contributed by atoms with E-state index in [9.17, 15) is 5.11 Å². The normalized spacial score (nSPS) is 15.8. The number of aliphatic imine (C=N–C) groups is 1. The average molecular weight is 323 g/mol. The minimum absolute atomic E-state index is 0.129. The number of aliphatic hydroxyl groups is 1. The van der Waals surface area contributed by atoms with Crippen LogP contribution in [-0.2, 0) is 0 Å². The van der Waals surface area contributed by atoms with E-state index in [1.54, 1.807) is 0 Å². The highest BCUT2D eigenvalue weighted by Gasteiger charge is 2.03. The lowest BCUT2D eigenvalue weighted by molar-refractivity contribution is 0.163. The summed E-state index contributed by atoms with van der Waals surface area (Å²) in [5.41, 5.74) is 0. The molecule has 1 unspecified atom stereocenters. The number of nitrogens with zero attached hydrogens (tertiary/aromatic N) is 1. The van der Waals surface area contributed by atoms with E-state index in [4.69, 9.17) is 0 Å². The highest BCUT2D eigenvalue weighted by molar-refractivity contribution is 5.83. The lowest BCUT2D eigenvalue weighted by Gasteiger charge is -2.07. The van der Waals surface area contributed by atoms with E-state index in [0.29, 0.717) is 0 Å². The van der Waals surface area contributed by atoms with Crippen molar-refractivity contribution in [2.24, 2.45) is 4.99 Å². The molecule has 0 saturated carbocycles. The van der Waals surface area contributed by atoms with E-state index in [0.717, 1.165) is 38.8 Å². The zero-order valence-corrected chi connectivity index (χ0v) is 15.2. The number of allylic oxidation sites excluding steroid dienone is 1. The predicted octanol–water partition coefficient (Wildman–Crippen LogP) is 5.00. The number of amidine groups is 1. The third kappa shape index (κ3) is 12.3. The Labute approximate surface area is 143 Å². The average Bonchev–Trinajstić information content (AvgIpc) is 3.06. The molecule has 2 N–H and O–H groups in total. The van der Waals surface area contributed by atoms with Crippen molar-refractivity contribution < 1.29 is 5.11 Å². The molecule has 0 aromatic heterocycles. The summed E-state index contributed by atoms with van der Waals surface area (Å²) in [7, 11) is 0. The van der Waals surface area contributed by atoms with Gasteiger partial charge < -0.3 is 10.4 Å². The summed E-state index contributed by atoms with van der Waals surface area (Å²) in [4.78, 5) is 4.42. The summed E-state index contributed by atoms with van der Waals surface area (Å²) in [6, 6.07) is 0. The Morgan fingerprint density at radius 2 is 1.83 bits per heavy atom. The van der Waals surface area contributed by atoms with Crippen LogP contribution in [0.4, 0.5) is 0 Å². The molecule has 0 spiro atoms. The van der Waals surface area contributed by atoms with Gasteiger partial charge in [0.1, 0.15) is 0 Å². The van der Waals surface area contributed by atoms with Crippen molar-refractivity contribution in [1.29, 1.82) is 0 Å². The molecule has 0 radical (unpaired) electrons. The van der Waals surface area contributed by atoms with E-state index in [1.807, 2.05) is 0 Å². The molecule has 0 saturated heterocycles. The fourth-order valence-electron chi connectivity index (χ4n) is 3.00. The zero-order chi connectivity index (χ0) is 16.6. The molecule has 1 aliphatic heterocycles. The van der Waals surface area contributed by atoms with Crippen molar-refractivity contribution in [2.75, 3.05) is 13.1 Å². The van der Waals surface area contributed by atoms with Gasteiger partial charge in [0.05, 0.1) is 18.5 Å². The lowest BCUT2D eigenvalue weighted by Crippen LogP contribution is -2.17. The molecule has 23 heavy (non-hydrogen) atoms. The summed E-state index contributed by atoms with van der Waals surface area (Å²) in [6.07, 6.45) is 19.9. The monoisotopic (exact) mass is 322 g/mol. The topological polar surface area (TPSA) is 44.6 Å². The summed E-state index contributed by atoms with van der Waals surface area (Å²) >= 11 is 0. The molecule has 3 nitrogen and oxygen atoms in total. The Kier molecular flexibility index (Phi) is 13.0. The van der Waals surface area contributed by atoms with E-state index < -0.39 is 0 Å². The van der Waals surface area contributed by atoms with Crippen LogP contribution in [0.25, 0.3) is 0 Å². The number of hydrogen-bond donors (Lipinski definition) is 2. The predicted molar refractivity (Wildman–Crippen MR) is 101 cm³/mol. The molecule has 0 fully saturated rings. The molecule has 1 atom stereocenters. The number of unbranched alkanes of at least 4 members (excludes halogenated alkanes) is 8. The molecule has 1 rings (SSSR count). The first-order chi connectivity index (χ1) is 11.3. The van der Waals surface area contributed by atoms with Crippen molar-refractivity contribution in [3.63, 3.8) is 0 Å². The van der Waals surface area contributed by atoms with Crippen LogP contribution in [0.1, 0.15) is 90.4 Å². The molecule has 1 heterocycles. The maximum absolute atomic E-state index is 9.87. The van der Waals surface area contributed by atoms with Crippen LogP contribution < -0.4 is 5.32 Å². The summed E-state index contributed by atoms with van der Waals surface area (Å²) < 4.78 is 0. The van der Waals surface area contributed by atoms with Crippen LogP contribution in [-0.4, -0.2) is 30.1 Å². The van der Waals surface area contributed by atoms with Gasteiger partial charge in [-0.1, -0.05) is 64.0 Å². The van der Waals surface area contributed by atoms with Crippen LogP contribution in [0, 0.1) is 0 Å². The van der Waals surface area contributed by atoms with Crippen LogP contribution in [0.5, 0.6) is 0 Å². The quantitative estimate of drug-likeness (QED) is 0.329. The molecular weight excluding hydrogens is 284 g/mol. The Balaban J connectivity index is 1.80. The van der Waals surface area contributed by atoms with Crippen LogP contribution in [0.15, 0.2) is 17.1 Å². The molecule has 0 aromatic rings. The Morgan fingerprint density at radius 1 is 1.04 bits per heavy atom. The second-order valence-corrected chi connectivity index (χ2v) is 6.77. The molecule has 0 amide bonds. The van der Waals surface area contributed by atoms with Crippen molar-refractivity contribution in [2.45, 2.75) is 96.5 Å². The van der Waals surface area contributed by atoms with Gasteiger partial charge in [0.15, 0.2) is 0 Å². The molecule has 1 aliphatic rings. The molecule has 134 valence electrons. The van der Waals surface area contributed by atoms with Gasteiger partial charge in [0.2, 0.25) is 0 Å². The van der Waals surface area contributed by atoms with Crippen molar-refractivity contribution in [1.82, 2.24) is 5.32 Å². The third-order valence-corrected chi connectivity index (χ3v) is 4.49. The van der Waals surface area contributed by atoms with Gasteiger partial charge >= 0.3 is 0 Å². The van der Waals surface area contributed by atoms with Gasteiger partial charge in [0.25, 0.3) is 0 Å². The maximum atomic E-state index is 9.87. The minimum atomic E-state index is -0.129. The van der Waals surface area contributed by atoms with Gasteiger partial charge in [-0.25, -0.2) is 0 Å². The number of nitrogens with one attached hydrogen (secondary N) is 1. The standard InChI is InChI=1S/C20H38N2O/c1-2-3-4-11-14-19(23)15-12-9-7-5-6-8-10-13-16-20-21-17-18-22-20/h9,12,19,23H,2-8,10-11,13-18H2,1H3,(H,21,22)/b12-9+. The smallest absolute Gasteiger partial charge is 0.0964 e. The van der Waals surface area contributed by atoms with Gasteiger partial charge in [-0.15, -0.1) is 0 Å². The molecule has 0 bridgehead atoms. The van der Waals surface area contributed by atoms with Crippen LogP contribution >= 0.6 is 0 Å². The first-order valence-corrected chi connectivity index (χ1v) is 9.93. The van der Waals surface area contributed by atoms with Crippen molar-refractivity contribution in [3.05, 3.63) is 12.2 Å². The summed E-state index contributed by atoms with van der Waals surface area (Å²) in [6.45, 7) is 4.23. The Hall–Kier alpha value is -0.830. The molecule has 0 aromatic carbocycles. The lowest BCUT2D eigenvalue weighted by atomic mass is 10.1. The van der Waals surface area contributed by atoms with Crippen molar-refractivity contribution >= 4 is 5.84 Å². The second-order valence-electron chi connectivity index (χ2n) is 6.77. The van der Waals surface area contributed by atoms with E-state index in [2.05, 4.69) is 29.4 Å².